The van der Waals surface area contributed by atoms with Crippen LogP contribution in [0.4, 0.5) is 10.7 Å². The number of rotatable bonds is 7. The molecule has 9 nitrogen and oxygen atoms in total. The fourth-order valence-corrected chi connectivity index (χ4v) is 3.81. The van der Waals surface area contributed by atoms with E-state index in [0.29, 0.717) is 24.7 Å². The van der Waals surface area contributed by atoms with Crippen molar-refractivity contribution in [2.45, 2.75) is 25.9 Å². The Kier molecular flexibility index (Phi) is 5.67. The van der Waals surface area contributed by atoms with Crippen molar-refractivity contribution in [3.8, 4) is 0 Å². The maximum absolute atomic E-state index is 13.1. The number of amides is 4. The lowest BCUT2D eigenvalue weighted by Gasteiger charge is -2.22. The molecule has 1 aromatic heterocycles. The summed E-state index contributed by atoms with van der Waals surface area (Å²) in [5.41, 5.74) is 2.05. The van der Waals surface area contributed by atoms with Gasteiger partial charge in [-0.2, -0.15) is 0 Å². The van der Waals surface area contributed by atoms with Gasteiger partial charge in [0.25, 0.3) is 5.91 Å². The molecular weight excluding hydrogens is 410 g/mol. The summed E-state index contributed by atoms with van der Waals surface area (Å²) in [6.07, 6.45) is 0. The molecule has 1 atom stereocenters. The summed E-state index contributed by atoms with van der Waals surface area (Å²) in [5.74, 6) is -0.661. The van der Waals surface area contributed by atoms with Gasteiger partial charge in [0.1, 0.15) is 12.1 Å². The first-order valence-electron chi connectivity index (χ1n) is 10.3. The number of hydrogen-bond acceptors (Lipinski definition) is 5. The van der Waals surface area contributed by atoms with Gasteiger partial charge in [0, 0.05) is 13.7 Å². The van der Waals surface area contributed by atoms with Gasteiger partial charge < -0.3 is 14.6 Å². The molecule has 4 amide bonds. The average Bonchev–Trinajstić information content (AvgIpc) is 3.22. The molecule has 1 fully saturated rings. The number of urea groups is 1. The SMILES string of the molecule is COCCn1c(NC(=O)CN2C(=O)NC(C)(c3ccc(C)cc3)C2=O)nc2ccccc21. The van der Waals surface area contributed by atoms with Crippen LogP contribution in [0, 0.1) is 6.92 Å². The Morgan fingerprint density at radius 1 is 1.16 bits per heavy atom. The standard InChI is InChI=1S/C23H25N5O4/c1-15-8-10-16(11-9-15)23(2)20(30)28(22(31)26-23)14-19(29)25-21-24-17-6-4-5-7-18(17)27(21)12-13-32-3/h4-11H,12-14H2,1-3H3,(H,26,31)(H,24,25,29). The number of aryl methyl sites for hydroxylation is 1. The number of imide groups is 1. The predicted molar refractivity (Wildman–Crippen MR) is 119 cm³/mol. The molecule has 0 radical (unpaired) electrons. The van der Waals surface area contributed by atoms with E-state index < -0.39 is 29.9 Å². The fourth-order valence-electron chi connectivity index (χ4n) is 3.81. The van der Waals surface area contributed by atoms with Crippen molar-refractivity contribution < 1.29 is 19.1 Å². The summed E-state index contributed by atoms with van der Waals surface area (Å²) in [6.45, 7) is 4.09. The van der Waals surface area contributed by atoms with Gasteiger partial charge in [-0.15, -0.1) is 0 Å². The largest absolute Gasteiger partial charge is 0.383 e. The van der Waals surface area contributed by atoms with E-state index in [4.69, 9.17) is 4.74 Å². The van der Waals surface area contributed by atoms with E-state index in [0.717, 1.165) is 21.5 Å². The van der Waals surface area contributed by atoms with E-state index >= 15 is 0 Å². The molecule has 0 aliphatic carbocycles. The zero-order valence-electron chi connectivity index (χ0n) is 18.2. The van der Waals surface area contributed by atoms with E-state index in [2.05, 4.69) is 15.6 Å². The second kappa shape index (κ2) is 8.43. The van der Waals surface area contributed by atoms with Gasteiger partial charge >= 0.3 is 6.03 Å². The molecule has 1 unspecified atom stereocenters. The number of fused-ring (bicyclic) bond motifs is 1. The topological polar surface area (TPSA) is 106 Å². The first kappa shape index (κ1) is 21.5. The number of benzene rings is 2. The van der Waals surface area contributed by atoms with Crippen LogP contribution in [0.1, 0.15) is 18.1 Å². The van der Waals surface area contributed by atoms with Crippen molar-refractivity contribution in [3.05, 3.63) is 59.7 Å². The number of carbonyl (C=O) groups excluding carboxylic acids is 3. The van der Waals surface area contributed by atoms with Gasteiger partial charge in [-0.25, -0.2) is 9.78 Å². The third kappa shape index (κ3) is 3.82. The molecule has 2 N–H and O–H groups in total. The molecule has 0 spiro atoms. The zero-order chi connectivity index (χ0) is 22.9. The van der Waals surface area contributed by atoms with E-state index in [9.17, 15) is 14.4 Å². The number of para-hydroxylation sites is 2. The normalized spacial score (nSPS) is 18.3. The number of nitrogens with one attached hydrogen (secondary N) is 2. The number of aromatic nitrogens is 2. The number of methoxy groups -OCH3 is 1. The zero-order valence-corrected chi connectivity index (χ0v) is 18.2. The maximum atomic E-state index is 13.1. The van der Waals surface area contributed by atoms with Crippen LogP contribution >= 0.6 is 0 Å². The summed E-state index contributed by atoms with van der Waals surface area (Å²) < 4.78 is 7.00. The number of carbonyl (C=O) groups is 3. The number of imidazole rings is 1. The van der Waals surface area contributed by atoms with Gasteiger partial charge in [0.15, 0.2) is 0 Å². The van der Waals surface area contributed by atoms with Gasteiger partial charge in [-0.05, 0) is 31.5 Å². The van der Waals surface area contributed by atoms with Crippen LogP contribution < -0.4 is 10.6 Å². The molecule has 1 aliphatic heterocycles. The lowest BCUT2D eigenvalue weighted by atomic mass is 9.91. The minimum absolute atomic E-state index is 0.335. The van der Waals surface area contributed by atoms with Crippen LogP contribution in [0.25, 0.3) is 11.0 Å². The van der Waals surface area contributed by atoms with Crippen molar-refractivity contribution in [1.82, 2.24) is 19.8 Å². The van der Waals surface area contributed by atoms with Crippen LogP contribution in [-0.4, -0.2) is 52.6 Å². The molecule has 2 heterocycles. The molecule has 0 saturated carbocycles. The van der Waals surface area contributed by atoms with Gasteiger partial charge in [-0.3, -0.25) is 19.8 Å². The van der Waals surface area contributed by atoms with Crippen molar-refractivity contribution in [2.24, 2.45) is 0 Å². The molecule has 3 aromatic rings. The molecule has 0 bridgehead atoms. The minimum Gasteiger partial charge on any atom is -0.383 e. The number of hydrogen-bond donors (Lipinski definition) is 2. The van der Waals surface area contributed by atoms with Crippen LogP contribution in [0.5, 0.6) is 0 Å². The van der Waals surface area contributed by atoms with Crippen LogP contribution in [-0.2, 0) is 26.4 Å². The summed E-state index contributed by atoms with van der Waals surface area (Å²) in [5, 5.41) is 5.45. The Labute approximate surface area is 185 Å². The fraction of sp³-hybridized carbons (Fsp3) is 0.304. The summed E-state index contributed by atoms with van der Waals surface area (Å²) in [7, 11) is 1.60. The third-order valence-electron chi connectivity index (χ3n) is 5.63. The second-order valence-electron chi connectivity index (χ2n) is 7.93. The molecule has 9 heteroatoms. The number of ether oxygens (including phenoxy) is 1. The Balaban J connectivity index is 1.53. The Hall–Kier alpha value is -3.72. The first-order valence-corrected chi connectivity index (χ1v) is 10.3. The monoisotopic (exact) mass is 435 g/mol. The van der Waals surface area contributed by atoms with Crippen molar-refractivity contribution in [2.75, 3.05) is 25.6 Å². The average molecular weight is 435 g/mol. The molecule has 32 heavy (non-hydrogen) atoms. The highest BCUT2D eigenvalue weighted by Gasteiger charge is 2.49. The molecule has 4 rings (SSSR count). The van der Waals surface area contributed by atoms with E-state index in [1.165, 1.54) is 0 Å². The van der Waals surface area contributed by atoms with Gasteiger partial charge in [-0.1, -0.05) is 42.0 Å². The Bertz CT molecular complexity index is 1190. The highest BCUT2D eigenvalue weighted by molar-refractivity contribution is 6.10. The van der Waals surface area contributed by atoms with Gasteiger partial charge in [0.05, 0.1) is 17.6 Å². The maximum Gasteiger partial charge on any atom is 0.325 e. The Morgan fingerprint density at radius 2 is 1.88 bits per heavy atom. The van der Waals surface area contributed by atoms with Crippen molar-refractivity contribution in [3.63, 3.8) is 0 Å². The van der Waals surface area contributed by atoms with Crippen LogP contribution in [0.2, 0.25) is 0 Å². The molecule has 2 aromatic carbocycles. The quantitative estimate of drug-likeness (QED) is 0.555. The highest BCUT2D eigenvalue weighted by atomic mass is 16.5. The van der Waals surface area contributed by atoms with Crippen molar-refractivity contribution in [1.29, 1.82) is 0 Å². The van der Waals surface area contributed by atoms with Crippen LogP contribution in [0.15, 0.2) is 48.5 Å². The van der Waals surface area contributed by atoms with Crippen LogP contribution in [0.3, 0.4) is 0 Å². The number of nitrogens with zero attached hydrogens (tertiary/aromatic N) is 3. The second-order valence-corrected chi connectivity index (χ2v) is 7.93. The lowest BCUT2D eigenvalue weighted by Crippen LogP contribution is -2.42. The predicted octanol–water partition coefficient (Wildman–Crippen LogP) is 2.40. The summed E-state index contributed by atoms with van der Waals surface area (Å²) >= 11 is 0. The minimum atomic E-state index is -1.23. The van der Waals surface area contributed by atoms with E-state index in [-0.39, 0.29) is 0 Å². The van der Waals surface area contributed by atoms with Crippen molar-refractivity contribution >= 4 is 34.8 Å². The van der Waals surface area contributed by atoms with E-state index in [1.54, 1.807) is 26.2 Å². The summed E-state index contributed by atoms with van der Waals surface area (Å²) in [6, 6.07) is 14.2. The first-order chi connectivity index (χ1) is 15.3. The highest BCUT2D eigenvalue weighted by Crippen LogP contribution is 2.29. The molecule has 1 aliphatic rings. The Morgan fingerprint density at radius 3 is 2.59 bits per heavy atom. The number of anilines is 1. The molecular formula is C23H25N5O4. The molecule has 166 valence electrons. The smallest absolute Gasteiger partial charge is 0.325 e. The lowest BCUT2D eigenvalue weighted by molar-refractivity contribution is -0.133. The van der Waals surface area contributed by atoms with E-state index in [1.807, 2.05) is 47.9 Å². The molecule has 1 saturated heterocycles. The summed E-state index contributed by atoms with van der Waals surface area (Å²) in [4.78, 5) is 43.8. The third-order valence-corrected chi connectivity index (χ3v) is 5.63. The van der Waals surface area contributed by atoms with Gasteiger partial charge in [0.2, 0.25) is 11.9 Å².